The van der Waals surface area contributed by atoms with E-state index in [0.29, 0.717) is 0 Å². The lowest BCUT2D eigenvalue weighted by Crippen LogP contribution is -2.09. The zero-order chi connectivity index (χ0) is 12.3. The van der Waals surface area contributed by atoms with Crippen molar-refractivity contribution in [3.63, 3.8) is 0 Å². The van der Waals surface area contributed by atoms with Crippen molar-refractivity contribution < 1.29 is 4.42 Å². The van der Waals surface area contributed by atoms with E-state index in [0.717, 1.165) is 23.3 Å². The summed E-state index contributed by atoms with van der Waals surface area (Å²) >= 11 is 1.62. The summed E-state index contributed by atoms with van der Waals surface area (Å²) in [5.74, 6) is 1.84. The molecule has 17 heavy (non-hydrogen) atoms. The number of thioether (sulfide) groups is 1. The Balaban J connectivity index is 1.85. The van der Waals surface area contributed by atoms with Crippen molar-refractivity contribution in [2.45, 2.75) is 38.0 Å². The summed E-state index contributed by atoms with van der Waals surface area (Å²) in [6, 6.07) is 1.92. The van der Waals surface area contributed by atoms with Crippen LogP contribution in [0.4, 0.5) is 0 Å². The first-order chi connectivity index (χ1) is 8.05. The summed E-state index contributed by atoms with van der Waals surface area (Å²) in [7, 11) is 0. The van der Waals surface area contributed by atoms with E-state index in [1.165, 1.54) is 0 Å². The second kappa shape index (κ2) is 4.96. The lowest BCUT2D eigenvalue weighted by molar-refractivity contribution is 0.355. The molecule has 0 N–H and O–H groups in total. The third-order valence-corrected chi connectivity index (χ3v) is 3.15. The zero-order valence-corrected chi connectivity index (χ0v) is 11.2. The number of aromatic nitrogens is 3. The average Bonchev–Trinajstić information content (AvgIpc) is 2.86. The number of hydrogen-bond acceptors (Lipinski definition) is 4. The Kier molecular flexibility index (Phi) is 3.57. The van der Waals surface area contributed by atoms with Crippen LogP contribution in [0, 0.1) is 0 Å². The molecule has 0 saturated carbocycles. The number of rotatable bonds is 4. The molecule has 5 heteroatoms. The summed E-state index contributed by atoms with van der Waals surface area (Å²) in [5.41, 5.74) is 0.0216. The first-order valence-electron chi connectivity index (χ1n) is 5.62. The van der Waals surface area contributed by atoms with Crippen LogP contribution in [0.25, 0.3) is 0 Å². The van der Waals surface area contributed by atoms with Gasteiger partial charge in [-0.3, -0.25) is 4.68 Å². The molecule has 2 aromatic heterocycles. The fraction of sp³-hybridized carbons (Fsp3) is 0.500. The lowest BCUT2D eigenvalue weighted by Gasteiger charge is -2.12. The lowest BCUT2D eigenvalue weighted by atomic mass is 9.94. The monoisotopic (exact) mass is 251 g/mol. The molecule has 0 spiro atoms. The van der Waals surface area contributed by atoms with E-state index in [1.54, 1.807) is 18.0 Å². The SMILES string of the molecule is CC(C)(C)c1cnc(SCCn2cccn2)o1. The number of hydrogen-bond donors (Lipinski definition) is 0. The van der Waals surface area contributed by atoms with E-state index in [1.807, 2.05) is 23.1 Å². The molecule has 92 valence electrons. The maximum atomic E-state index is 5.69. The van der Waals surface area contributed by atoms with Gasteiger partial charge in [-0.1, -0.05) is 32.5 Å². The van der Waals surface area contributed by atoms with Crippen LogP contribution in [0.3, 0.4) is 0 Å². The van der Waals surface area contributed by atoms with Crippen LogP contribution in [-0.4, -0.2) is 20.5 Å². The van der Waals surface area contributed by atoms with Gasteiger partial charge in [0.1, 0.15) is 5.76 Å². The van der Waals surface area contributed by atoms with E-state index in [4.69, 9.17) is 4.42 Å². The summed E-state index contributed by atoms with van der Waals surface area (Å²) in [6.45, 7) is 7.22. The highest BCUT2D eigenvalue weighted by Gasteiger charge is 2.19. The highest BCUT2D eigenvalue weighted by atomic mass is 32.2. The molecular formula is C12H17N3OS. The van der Waals surface area contributed by atoms with Gasteiger partial charge in [-0.25, -0.2) is 4.98 Å². The molecular weight excluding hydrogens is 234 g/mol. The molecule has 0 atom stereocenters. The quantitative estimate of drug-likeness (QED) is 0.784. The third-order valence-electron chi connectivity index (χ3n) is 2.33. The molecule has 0 bridgehead atoms. The molecule has 0 aliphatic rings. The second-order valence-electron chi connectivity index (χ2n) is 4.86. The topological polar surface area (TPSA) is 43.9 Å². The van der Waals surface area contributed by atoms with Crippen molar-refractivity contribution in [3.05, 3.63) is 30.4 Å². The molecule has 4 nitrogen and oxygen atoms in total. The van der Waals surface area contributed by atoms with Crippen LogP contribution < -0.4 is 0 Å². The van der Waals surface area contributed by atoms with Crippen LogP contribution in [0.15, 0.2) is 34.3 Å². The van der Waals surface area contributed by atoms with Gasteiger partial charge in [-0.05, 0) is 6.07 Å². The van der Waals surface area contributed by atoms with E-state index in [2.05, 4.69) is 30.9 Å². The number of oxazole rings is 1. The van der Waals surface area contributed by atoms with Gasteiger partial charge in [0.15, 0.2) is 0 Å². The maximum Gasteiger partial charge on any atom is 0.255 e. The second-order valence-corrected chi connectivity index (χ2v) is 5.90. The standard InChI is InChI=1S/C12H17N3OS/c1-12(2,3)10-9-13-11(16-10)17-8-7-15-6-4-5-14-15/h4-6,9H,7-8H2,1-3H3. The Bertz CT molecular complexity index is 456. The predicted octanol–water partition coefficient (Wildman–Crippen LogP) is 2.96. The van der Waals surface area contributed by atoms with Crippen molar-refractivity contribution in [2.24, 2.45) is 0 Å². The molecule has 2 heterocycles. The molecule has 0 unspecified atom stereocenters. The minimum Gasteiger partial charge on any atom is -0.436 e. The van der Waals surface area contributed by atoms with E-state index < -0.39 is 0 Å². The van der Waals surface area contributed by atoms with Gasteiger partial charge in [0.25, 0.3) is 5.22 Å². The summed E-state index contributed by atoms with van der Waals surface area (Å²) < 4.78 is 7.59. The highest BCUT2D eigenvalue weighted by Crippen LogP contribution is 2.26. The van der Waals surface area contributed by atoms with Gasteiger partial charge in [0, 0.05) is 23.6 Å². The van der Waals surface area contributed by atoms with Crippen molar-refractivity contribution in [2.75, 3.05) is 5.75 Å². The van der Waals surface area contributed by atoms with Crippen LogP contribution >= 0.6 is 11.8 Å². The summed E-state index contributed by atoms with van der Waals surface area (Å²) in [4.78, 5) is 4.27. The minimum atomic E-state index is 0.0216. The van der Waals surface area contributed by atoms with Crippen molar-refractivity contribution in [3.8, 4) is 0 Å². The Morgan fingerprint density at radius 1 is 1.41 bits per heavy atom. The fourth-order valence-electron chi connectivity index (χ4n) is 1.33. The molecule has 0 aromatic carbocycles. The first kappa shape index (κ1) is 12.2. The van der Waals surface area contributed by atoms with Crippen LogP contribution in [0.1, 0.15) is 26.5 Å². The van der Waals surface area contributed by atoms with Gasteiger partial charge in [0.05, 0.1) is 12.7 Å². The van der Waals surface area contributed by atoms with Gasteiger partial charge in [0.2, 0.25) is 0 Å². The third kappa shape index (κ3) is 3.36. The molecule has 0 amide bonds. The molecule has 2 rings (SSSR count). The van der Waals surface area contributed by atoms with Crippen LogP contribution in [0.5, 0.6) is 0 Å². The van der Waals surface area contributed by atoms with Crippen molar-refractivity contribution in [1.82, 2.24) is 14.8 Å². The average molecular weight is 251 g/mol. The smallest absolute Gasteiger partial charge is 0.255 e. The molecule has 0 radical (unpaired) electrons. The fourth-order valence-corrected chi connectivity index (χ4v) is 2.06. The molecule has 0 aliphatic carbocycles. The minimum absolute atomic E-state index is 0.0216. The van der Waals surface area contributed by atoms with Crippen LogP contribution in [-0.2, 0) is 12.0 Å². The molecule has 0 aliphatic heterocycles. The number of aryl methyl sites for hydroxylation is 1. The van der Waals surface area contributed by atoms with E-state index in [9.17, 15) is 0 Å². The highest BCUT2D eigenvalue weighted by molar-refractivity contribution is 7.99. The Morgan fingerprint density at radius 3 is 2.82 bits per heavy atom. The normalized spacial score (nSPS) is 11.9. The Hall–Kier alpha value is -1.23. The van der Waals surface area contributed by atoms with Crippen molar-refractivity contribution >= 4 is 11.8 Å². The largest absolute Gasteiger partial charge is 0.436 e. The first-order valence-corrected chi connectivity index (χ1v) is 6.61. The van der Waals surface area contributed by atoms with Gasteiger partial charge >= 0.3 is 0 Å². The predicted molar refractivity (Wildman–Crippen MR) is 68.2 cm³/mol. The van der Waals surface area contributed by atoms with Gasteiger partial charge in [-0.15, -0.1) is 0 Å². The Morgan fingerprint density at radius 2 is 2.24 bits per heavy atom. The summed E-state index contributed by atoms with van der Waals surface area (Å²) in [6.07, 6.45) is 5.56. The van der Waals surface area contributed by atoms with Crippen molar-refractivity contribution in [1.29, 1.82) is 0 Å². The molecule has 0 fully saturated rings. The molecule has 0 saturated heterocycles. The van der Waals surface area contributed by atoms with Crippen LogP contribution in [0.2, 0.25) is 0 Å². The van der Waals surface area contributed by atoms with Gasteiger partial charge < -0.3 is 4.42 Å². The maximum absolute atomic E-state index is 5.69. The zero-order valence-electron chi connectivity index (χ0n) is 10.4. The van der Waals surface area contributed by atoms with Gasteiger partial charge in [-0.2, -0.15) is 5.10 Å². The van der Waals surface area contributed by atoms with E-state index in [-0.39, 0.29) is 5.41 Å². The van der Waals surface area contributed by atoms with E-state index >= 15 is 0 Å². The Labute approximate surface area is 105 Å². The summed E-state index contributed by atoms with van der Waals surface area (Å²) in [5, 5.41) is 4.88. The molecule has 2 aromatic rings. The number of nitrogens with zero attached hydrogens (tertiary/aromatic N) is 3.